The average Bonchev–Trinajstić information content (AvgIpc) is 2.88. The van der Waals surface area contributed by atoms with Gasteiger partial charge in [0.15, 0.2) is 0 Å². The quantitative estimate of drug-likeness (QED) is 0.256. The minimum absolute atomic E-state index is 0.157. The van der Waals surface area contributed by atoms with Crippen molar-refractivity contribution in [2.75, 3.05) is 13.1 Å². The Kier molecular flexibility index (Phi) is 10.5. The van der Waals surface area contributed by atoms with Crippen molar-refractivity contribution < 1.29 is 14.6 Å². The van der Waals surface area contributed by atoms with Crippen molar-refractivity contribution in [2.45, 2.75) is 118 Å². The van der Waals surface area contributed by atoms with Crippen LogP contribution in [0.1, 0.15) is 109 Å². The zero-order valence-corrected chi connectivity index (χ0v) is 24.2. The molecule has 2 aliphatic heterocycles. The summed E-state index contributed by atoms with van der Waals surface area (Å²) in [5, 5.41) is 10.1. The van der Waals surface area contributed by atoms with E-state index in [0.29, 0.717) is 5.75 Å². The standard InChI is InChI=1S/C33H49NO3/c1-24(15-11-17-26(3)32(36)34-21-8-7-9-22-34)13-10-14-25(2)16-12-19-33(6)20-18-29-23-30(35)27(4)28(5)31(29)37-33/h13,16-17,23,35H,7-12,14-15,18-22H2,1-6H3/b24-13+,25-16+,26-17+. The number of amides is 1. The SMILES string of the molecule is C/C(=C\CC/C(C)=C/CCC1(C)CCc2cc(O)c(C)c(C)c2O1)CC/C=C(\C)C(=O)N1CCCCC1. The predicted octanol–water partition coefficient (Wildman–Crippen LogP) is 8.28. The lowest BCUT2D eigenvalue weighted by Crippen LogP contribution is -2.36. The highest BCUT2D eigenvalue weighted by molar-refractivity contribution is 5.92. The molecule has 1 fully saturated rings. The molecule has 0 aliphatic carbocycles. The molecule has 3 rings (SSSR count). The van der Waals surface area contributed by atoms with Gasteiger partial charge in [0, 0.05) is 18.7 Å². The highest BCUT2D eigenvalue weighted by Crippen LogP contribution is 2.41. The van der Waals surface area contributed by atoms with E-state index < -0.39 is 0 Å². The second-order valence-corrected chi connectivity index (χ2v) is 11.6. The maximum absolute atomic E-state index is 12.5. The Hall–Kier alpha value is -2.49. The molecule has 4 nitrogen and oxygen atoms in total. The number of likely N-dealkylation sites (tertiary alicyclic amines) is 1. The van der Waals surface area contributed by atoms with Gasteiger partial charge in [-0.2, -0.15) is 0 Å². The molecular formula is C33H49NO3. The Morgan fingerprint density at radius 1 is 0.973 bits per heavy atom. The molecule has 0 saturated carbocycles. The number of carbonyl (C=O) groups is 1. The molecule has 1 amide bonds. The maximum Gasteiger partial charge on any atom is 0.249 e. The second kappa shape index (κ2) is 13.3. The Balaban J connectivity index is 1.39. The summed E-state index contributed by atoms with van der Waals surface area (Å²) in [6.07, 6.45) is 18.4. The van der Waals surface area contributed by atoms with E-state index in [4.69, 9.17) is 4.74 Å². The third kappa shape index (κ3) is 8.25. The van der Waals surface area contributed by atoms with Gasteiger partial charge >= 0.3 is 0 Å². The number of aryl methyl sites for hydroxylation is 1. The van der Waals surface area contributed by atoms with Gasteiger partial charge in [-0.15, -0.1) is 0 Å². The maximum atomic E-state index is 12.5. The number of fused-ring (bicyclic) bond motifs is 1. The summed E-state index contributed by atoms with van der Waals surface area (Å²) >= 11 is 0. The molecule has 1 N–H and O–H groups in total. The van der Waals surface area contributed by atoms with Crippen LogP contribution in [0, 0.1) is 13.8 Å². The van der Waals surface area contributed by atoms with Gasteiger partial charge in [0.2, 0.25) is 5.91 Å². The molecule has 2 aliphatic rings. The number of aromatic hydroxyl groups is 1. The highest BCUT2D eigenvalue weighted by atomic mass is 16.5. The van der Waals surface area contributed by atoms with Crippen molar-refractivity contribution in [3.8, 4) is 11.5 Å². The molecular weight excluding hydrogens is 458 g/mol. The summed E-state index contributed by atoms with van der Waals surface area (Å²) in [5.41, 5.74) is 6.69. The van der Waals surface area contributed by atoms with E-state index in [1.165, 1.54) is 17.6 Å². The topological polar surface area (TPSA) is 49.8 Å². The lowest BCUT2D eigenvalue weighted by molar-refractivity contribution is -0.127. The van der Waals surface area contributed by atoms with Crippen LogP contribution in [-0.4, -0.2) is 34.6 Å². The predicted molar refractivity (Wildman–Crippen MR) is 154 cm³/mol. The van der Waals surface area contributed by atoms with E-state index in [9.17, 15) is 9.90 Å². The number of phenolic OH excluding ortho intramolecular Hbond substituents is 1. The summed E-state index contributed by atoms with van der Waals surface area (Å²) in [4.78, 5) is 14.6. The van der Waals surface area contributed by atoms with Crippen molar-refractivity contribution in [3.63, 3.8) is 0 Å². The molecule has 0 radical (unpaired) electrons. The van der Waals surface area contributed by atoms with Crippen LogP contribution >= 0.6 is 0 Å². The Bertz CT molecular complexity index is 1040. The zero-order valence-electron chi connectivity index (χ0n) is 24.2. The van der Waals surface area contributed by atoms with Crippen molar-refractivity contribution in [2.24, 2.45) is 0 Å². The van der Waals surface area contributed by atoms with Crippen LogP contribution in [0.5, 0.6) is 11.5 Å². The van der Waals surface area contributed by atoms with Crippen LogP contribution in [0.25, 0.3) is 0 Å². The third-order valence-electron chi connectivity index (χ3n) is 8.33. The zero-order chi connectivity index (χ0) is 27.0. The number of rotatable bonds is 10. The van der Waals surface area contributed by atoms with Crippen LogP contribution in [0.15, 0.2) is 41.0 Å². The number of hydrogen-bond donors (Lipinski definition) is 1. The monoisotopic (exact) mass is 507 g/mol. The first kappa shape index (κ1) is 29.1. The molecule has 0 bridgehead atoms. The van der Waals surface area contributed by atoms with E-state index >= 15 is 0 Å². The largest absolute Gasteiger partial charge is 0.508 e. The smallest absolute Gasteiger partial charge is 0.249 e. The fraction of sp³-hybridized carbons (Fsp3) is 0.606. The number of ether oxygens (including phenoxy) is 1. The summed E-state index contributed by atoms with van der Waals surface area (Å²) in [5.74, 6) is 1.58. The Labute approximate surface area is 225 Å². The molecule has 1 atom stereocenters. The van der Waals surface area contributed by atoms with Crippen LogP contribution in [0.4, 0.5) is 0 Å². The highest BCUT2D eigenvalue weighted by Gasteiger charge is 2.32. The van der Waals surface area contributed by atoms with Crippen molar-refractivity contribution in [3.05, 3.63) is 57.7 Å². The van der Waals surface area contributed by atoms with E-state index in [-0.39, 0.29) is 11.5 Å². The average molecular weight is 508 g/mol. The summed E-state index contributed by atoms with van der Waals surface area (Å²) in [7, 11) is 0. The lowest BCUT2D eigenvalue weighted by atomic mass is 9.87. The molecule has 1 aromatic carbocycles. The Morgan fingerprint density at radius 2 is 1.59 bits per heavy atom. The first-order valence-corrected chi connectivity index (χ1v) is 14.4. The van der Waals surface area contributed by atoms with E-state index in [0.717, 1.165) is 105 Å². The van der Waals surface area contributed by atoms with Crippen LogP contribution < -0.4 is 4.74 Å². The van der Waals surface area contributed by atoms with Crippen molar-refractivity contribution in [1.29, 1.82) is 0 Å². The molecule has 4 heteroatoms. The third-order valence-corrected chi connectivity index (χ3v) is 8.33. The van der Waals surface area contributed by atoms with Gasteiger partial charge in [-0.25, -0.2) is 0 Å². The van der Waals surface area contributed by atoms with Crippen LogP contribution in [0.2, 0.25) is 0 Å². The van der Waals surface area contributed by atoms with Gasteiger partial charge in [0.25, 0.3) is 0 Å². The van der Waals surface area contributed by atoms with Gasteiger partial charge in [-0.1, -0.05) is 29.4 Å². The van der Waals surface area contributed by atoms with Gasteiger partial charge in [0.1, 0.15) is 17.1 Å². The molecule has 1 saturated heterocycles. The summed E-state index contributed by atoms with van der Waals surface area (Å²) in [6, 6.07) is 1.88. The number of carbonyl (C=O) groups excluding carboxylic acids is 1. The summed E-state index contributed by atoms with van der Waals surface area (Å²) < 4.78 is 6.51. The first-order chi connectivity index (χ1) is 17.6. The summed E-state index contributed by atoms with van der Waals surface area (Å²) in [6.45, 7) is 14.5. The molecule has 1 unspecified atom stereocenters. The number of nitrogens with zero attached hydrogens (tertiary/aromatic N) is 1. The molecule has 0 aromatic heterocycles. The number of benzene rings is 1. The van der Waals surface area contributed by atoms with Crippen molar-refractivity contribution in [1.82, 2.24) is 4.90 Å². The second-order valence-electron chi connectivity index (χ2n) is 11.6. The number of piperidine rings is 1. The first-order valence-electron chi connectivity index (χ1n) is 14.4. The minimum Gasteiger partial charge on any atom is -0.508 e. The molecule has 204 valence electrons. The van der Waals surface area contributed by atoms with E-state index in [1.807, 2.05) is 31.7 Å². The van der Waals surface area contributed by atoms with E-state index in [1.54, 1.807) is 0 Å². The number of phenols is 1. The Morgan fingerprint density at radius 3 is 2.27 bits per heavy atom. The van der Waals surface area contributed by atoms with Crippen LogP contribution in [0.3, 0.4) is 0 Å². The van der Waals surface area contributed by atoms with Crippen molar-refractivity contribution >= 4 is 5.91 Å². The van der Waals surface area contributed by atoms with Gasteiger partial charge in [-0.3, -0.25) is 4.79 Å². The lowest BCUT2D eigenvalue weighted by Gasteiger charge is -2.37. The van der Waals surface area contributed by atoms with Crippen LogP contribution in [-0.2, 0) is 11.2 Å². The molecule has 0 spiro atoms. The number of allylic oxidation sites excluding steroid dienone is 5. The molecule has 1 aromatic rings. The fourth-order valence-corrected chi connectivity index (χ4v) is 5.47. The van der Waals surface area contributed by atoms with Gasteiger partial charge < -0.3 is 14.7 Å². The van der Waals surface area contributed by atoms with Gasteiger partial charge in [0.05, 0.1) is 0 Å². The molecule has 2 heterocycles. The normalized spacial score (nSPS) is 21.0. The van der Waals surface area contributed by atoms with Gasteiger partial charge in [-0.05, 0) is 135 Å². The van der Waals surface area contributed by atoms with E-state index in [2.05, 4.69) is 39.0 Å². The number of hydrogen-bond acceptors (Lipinski definition) is 3. The molecule has 37 heavy (non-hydrogen) atoms. The minimum atomic E-state index is -0.157. The fourth-order valence-electron chi connectivity index (χ4n) is 5.47.